The number of nitrogens with one attached hydrogen (secondary N) is 2. The molecule has 2 unspecified atom stereocenters. The van der Waals surface area contributed by atoms with Crippen LogP contribution in [0.2, 0.25) is 0 Å². The summed E-state index contributed by atoms with van der Waals surface area (Å²) in [6.07, 6.45) is 5.56. The lowest BCUT2D eigenvalue weighted by Crippen LogP contribution is -2.48. The zero-order valence-electron chi connectivity index (χ0n) is 9.31. The number of amides is 1. The van der Waals surface area contributed by atoms with E-state index in [1.54, 1.807) is 0 Å². The van der Waals surface area contributed by atoms with Crippen molar-refractivity contribution in [3.63, 3.8) is 0 Å². The largest absolute Gasteiger partial charge is 0.352 e. The van der Waals surface area contributed by atoms with Gasteiger partial charge in [0.1, 0.15) is 0 Å². The van der Waals surface area contributed by atoms with Gasteiger partial charge in [-0.05, 0) is 32.7 Å². The van der Waals surface area contributed by atoms with E-state index >= 15 is 0 Å². The molecule has 3 nitrogen and oxygen atoms in total. The lowest BCUT2D eigenvalue weighted by atomic mass is 10.0. The lowest BCUT2D eigenvalue weighted by Gasteiger charge is -2.24. The Kier molecular flexibility index (Phi) is 4.94. The molecule has 1 amide bonds. The summed E-state index contributed by atoms with van der Waals surface area (Å²) in [5.41, 5.74) is 0. The van der Waals surface area contributed by atoms with Crippen molar-refractivity contribution >= 4 is 5.91 Å². The highest BCUT2D eigenvalue weighted by atomic mass is 16.2. The number of hydrogen-bond donors (Lipinski definition) is 2. The van der Waals surface area contributed by atoms with E-state index in [0.717, 1.165) is 25.8 Å². The third-order valence-electron chi connectivity index (χ3n) is 2.74. The Morgan fingerprint density at radius 2 is 2.36 bits per heavy atom. The normalized spacial score (nSPS) is 24.3. The minimum atomic E-state index is 0.0584. The number of carbonyl (C=O) groups is 1. The van der Waals surface area contributed by atoms with Crippen LogP contribution in [-0.4, -0.2) is 24.5 Å². The van der Waals surface area contributed by atoms with Gasteiger partial charge in [-0.2, -0.15) is 0 Å². The molecule has 1 saturated heterocycles. The van der Waals surface area contributed by atoms with E-state index in [1.807, 2.05) is 0 Å². The molecule has 14 heavy (non-hydrogen) atoms. The minimum absolute atomic E-state index is 0.0584. The van der Waals surface area contributed by atoms with Crippen molar-refractivity contribution in [2.24, 2.45) is 0 Å². The van der Waals surface area contributed by atoms with Crippen LogP contribution >= 0.6 is 0 Å². The zero-order valence-corrected chi connectivity index (χ0v) is 9.31. The maximum absolute atomic E-state index is 11.7. The fraction of sp³-hybridized carbons (Fsp3) is 0.909. The van der Waals surface area contributed by atoms with Crippen molar-refractivity contribution in [3.8, 4) is 0 Å². The highest BCUT2D eigenvalue weighted by Crippen LogP contribution is 2.07. The van der Waals surface area contributed by atoms with Crippen molar-refractivity contribution in [3.05, 3.63) is 0 Å². The van der Waals surface area contributed by atoms with Crippen LogP contribution in [0.3, 0.4) is 0 Å². The molecule has 0 aromatic heterocycles. The second-order valence-corrected chi connectivity index (χ2v) is 4.20. The Labute approximate surface area is 86.6 Å². The first-order valence-electron chi connectivity index (χ1n) is 5.77. The van der Waals surface area contributed by atoms with Gasteiger partial charge in [-0.3, -0.25) is 4.79 Å². The van der Waals surface area contributed by atoms with E-state index < -0.39 is 0 Å². The van der Waals surface area contributed by atoms with Gasteiger partial charge in [0.15, 0.2) is 0 Å². The molecular weight excluding hydrogens is 176 g/mol. The number of rotatable bonds is 4. The summed E-state index contributed by atoms with van der Waals surface area (Å²) < 4.78 is 0. The molecule has 1 aliphatic heterocycles. The van der Waals surface area contributed by atoms with Crippen LogP contribution in [0, 0.1) is 0 Å². The highest BCUT2D eigenvalue weighted by Gasteiger charge is 2.20. The first-order valence-corrected chi connectivity index (χ1v) is 5.77. The third kappa shape index (κ3) is 3.66. The highest BCUT2D eigenvalue weighted by molar-refractivity contribution is 5.82. The van der Waals surface area contributed by atoms with Crippen LogP contribution in [0.5, 0.6) is 0 Å². The summed E-state index contributed by atoms with van der Waals surface area (Å²) in [4.78, 5) is 11.7. The molecular formula is C11H22N2O. The van der Waals surface area contributed by atoms with Crippen LogP contribution in [-0.2, 0) is 4.79 Å². The van der Waals surface area contributed by atoms with E-state index in [0.29, 0.717) is 6.04 Å². The van der Waals surface area contributed by atoms with Gasteiger partial charge in [-0.25, -0.2) is 0 Å². The van der Waals surface area contributed by atoms with Crippen molar-refractivity contribution in [2.45, 2.75) is 58.0 Å². The second kappa shape index (κ2) is 6.02. The molecule has 0 radical (unpaired) electrons. The molecule has 1 rings (SSSR count). The first kappa shape index (κ1) is 11.5. The molecule has 0 aromatic rings. The summed E-state index contributed by atoms with van der Waals surface area (Å²) in [5, 5.41) is 6.30. The van der Waals surface area contributed by atoms with Crippen molar-refractivity contribution in [1.82, 2.24) is 10.6 Å². The lowest BCUT2D eigenvalue weighted by molar-refractivity contribution is -0.124. The minimum Gasteiger partial charge on any atom is -0.352 e. The van der Waals surface area contributed by atoms with Crippen molar-refractivity contribution in [1.29, 1.82) is 0 Å². The molecule has 3 heteroatoms. The maximum atomic E-state index is 11.7. The SMILES string of the molecule is CCCC(C)NC(=O)C1CCCCN1. The average Bonchev–Trinajstić information content (AvgIpc) is 2.19. The standard InChI is InChI=1S/C11H22N2O/c1-3-6-9(2)13-11(14)10-7-4-5-8-12-10/h9-10,12H,3-8H2,1-2H3,(H,13,14). The van der Waals surface area contributed by atoms with E-state index in [1.165, 1.54) is 12.8 Å². The third-order valence-corrected chi connectivity index (χ3v) is 2.74. The number of piperidine rings is 1. The molecule has 1 heterocycles. The quantitative estimate of drug-likeness (QED) is 0.717. The smallest absolute Gasteiger partial charge is 0.237 e. The van der Waals surface area contributed by atoms with Crippen LogP contribution in [0.25, 0.3) is 0 Å². The Hall–Kier alpha value is -0.570. The molecule has 0 spiro atoms. The fourth-order valence-corrected chi connectivity index (χ4v) is 1.92. The fourth-order valence-electron chi connectivity index (χ4n) is 1.92. The predicted molar refractivity (Wildman–Crippen MR) is 58.2 cm³/mol. The van der Waals surface area contributed by atoms with Crippen LogP contribution < -0.4 is 10.6 Å². The van der Waals surface area contributed by atoms with E-state index in [2.05, 4.69) is 24.5 Å². The van der Waals surface area contributed by atoms with Gasteiger partial charge >= 0.3 is 0 Å². The van der Waals surface area contributed by atoms with Gasteiger partial charge in [0.25, 0.3) is 0 Å². The van der Waals surface area contributed by atoms with Gasteiger partial charge in [0, 0.05) is 6.04 Å². The van der Waals surface area contributed by atoms with E-state index in [4.69, 9.17) is 0 Å². The second-order valence-electron chi connectivity index (χ2n) is 4.20. The Bertz CT molecular complexity index is 176. The molecule has 0 aromatic carbocycles. The van der Waals surface area contributed by atoms with Gasteiger partial charge < -0.3 is 10.6 Å². The summed E-state index contributed by atoms with van der Waals surface area (Å²) in [6.45, 7) is 5.20. The van der Waals surface area contributed by atoms with Crippen LogP contribution in [0.15, 0.2) is 0 Å². The molecule has 2 N–H and O–H groups in total. The molecule has 1 aliphatic rings. The Balaban J connectivity index is 2.25. The van der Waals surface area contributed by atoms with Gasteiger partial charge in [-0.1, -0.05) is 19.8 Å². The van der Waals surface area contributed by atoms with Gasteiger partial charge in [0.05, 0.1) is 6.04 Å². The topological polar surface area (TPSA) is 41.1 Å². The molecule has 1 fully saturated rings. The van der Waals surface area contributed by atoms with Gasteiger partial charge in [-0.15, -0.1) is 0 Å². The average molecular weight is 198 g/mol. The summed E-state index contributed by atoms with van der Waals surface area (Å²) in [6, 6.07) is 0.374. The Morgan fingerprint density at radius 3 is 2.93 bits per heavy atom. The Morgan fingerprint density at radius 1 is 1.57 bits per heavy atom. The summed E-state index contributed by atoms with van der Waals surface area (Å²) in [7, 11) is 0. The number of hydrogen-bond acceptors (Lipinski definition) is 2. The summed E-state index contributed by atoms with van der Waals surface area (Å²) in [5.74, 6) is 0.186. The first-order chi connectivity index (χ1) is 6.74. The van der Waals surface area contributed by atoms with Crippen LogP contribution in [0.4, 0.5) is 0 Å². The van der Waals surface area contributed by atoms with Crippen molar-refractivity contribution < 1.29 is 4.79 Å². The molecule has 0 aliphatic carbocycles. The van der Waals surface area contributed by atoms with E-state index in [9.17, 15) is 4.79 Å². The predicted octanol–water partition coefficient (Wildman–Crippen LogP) is 1.43. The van der Waals surface area contributed by atoms with Crippen LogP contribution in [0.1, 0.15) is 46.0 Å². The van der Waals surface area contributed by atoms with Crippen molar-refractivity contribution in [2.75, 3.05) is 6.54 Å². The van der Waals surface area contributed by atoms with E-state index in [-0.39, 0.29) is 11.9 Å². The maximum Gasteiger partial charge on any atom is 0.237 e. The number of carbonyl (C=O) groups excluding carboxylic acids is 1. The molecule has 2 atom stereocenters. The van der Waals surface area contributed by atoms with Gasteiger partial charge in [0.2, 0.25) is 5.91 Å². The molecule has 0 saturated carbocycles. The molecule has 82 valence electrons. The summed E-state index contributed by atoms with van der Waals surface area (Å²) >= 11 is 0. The molecule has 0 bridgehead atoms. The zero-order chi connectivity index (χ0) is 10.4. The monoisotopic (exact) mass is 198 g/mol.